The number of likely N-dealkylation sites (N-methyl/N-ethyl adjacent to an activating group) is 1. The second-order valence-electron chi connectivity index (χ2n) is 7.54. The maximum Gasteiger partial charge on any atom is 0.306 e. The van der Waals surface area contributed by atoms with Gasteiger partial charge in [-0.15, -0.1) is 0 Å². The number of aliphatic carboxylic acids is 1. The van der Waals surface area contributed by atoms with Crippen LogP contribution < -0.4 is 9.47 Å². The molecule has 0 heterocycles. The van der Waals surface area contributed by atoms with Crippen LogP contribution in [0.4, 0.5) is 0 Å². The second-order valence-corrected chi connectivity index (χ2v) is 7.54. The Hall–Kier alpha value is -3.06. The maximum absolute atomic E-state index is 12.0. The van der Waals surface area contributed by atoms with E-state index < -0.39 is 18.0 Å². The van der Waals surface area contributed by atoms with Crippen LogP contribution in [0.25, 0.3) is 0 Å². The van der Waals surface area contributed by atoms with Crippen LogP contribution in [0.15, 0.2) is 48.5 Å². The zero-order chi connectivity index (χ0) is 24.6. The maximum atomic E-state index is 12.0. The van der Waals surface area contributed by atoms with Crippen molar-refractivity contribution < 1.29 is 28.9 Å². The second kappa shape index (κ2) is 15.7. The van der Waals surface area contributed by atoms with Crippen LogP contribution in [0.5, 0.6) is 11.5 Å². The summed E-state index contributed by atoms with van der Waals surface area (Å²) in [7, 11) is 5.40. The molecule has 33 heavy (non-hydrogen) atoms. The summed E-state index contributed by atoms with van der Waals surface area (Å²) in [5, 5.41) is 8.74. The van der Waals surface area contributed by atoms with Crippen molar-refractivity contribution in [3.8, 4) is 11.5 Å². The van der Waals surface area contributed by atoms with E-state index in [4.69, 9.17) is 19.3 Å². The summed E-state index contributed by atoms with van der Waals surface area (Å²) in [6, 6.07) is 15.8. The molecule has 1 N–H and O–H groups in total. The number of hydrogen-bond acceptors (Lipinski definition) is 6. The number of carbonyl (C=O) groups is 2. The number of rotatable bonds is 13. The van der Waals surface area contributed by atoms with E-state index in [0.717, 1.165) is 29.9 Å². The fourth-order valence-corrected chi connectivity index (χ4v) is 3.13. The molecule has 1 atom stereocenters. The van der Waals surface area contributed by atoms with Gasteiger partial charge in [-0.05, 0) is 56.3 Å². The van der Waals surface area contributed by atoms with Crippen LogP contribution in [0, 0.1) is 0 Å². The minimum absolute atomic E-state index is 0.156. The Morgan fingerprint density at radius 2 is 1.73 bits per heavy atom. The lowest BCUT2D eigenvalue weighted by molar-refractivity contribution is -0.153. The van der Waals surface area contributed by atoms with Crippen molar-refractivity contribution >= 4 is 11.9 Å². The van der Waals surface area contributed by atoms with Crippen molar-refractivity contribution in [1.29, 1.82) is 0 Å². The lowest BCUT2D eigenvalue weighted by Gasteiger charge is -2.22. The van der Waals surface area contributed by atoms with Crippen LogP contribution >= 0.6 is 0 Å². The van der Waals surface area contributed by atoms with Gasteiger partial charge in [-0.2, -0.15) is 0 Å². The topological polar surface area (TPSA) is 85.3 Å². The monoisotopic (exact) mass is 459 g/mol. The van der Waals surface area contributed by atoms with Gasteiger partial charge >= 0.3 is 11.9 Å². The number of nitrogens with zero attached hydrogens (tertiary/aromatic N) is 1. The first-order chi connectivity index (χ1) is 15.9. The molecule has 2 aromatic rings. The Kier molecular flexibility index (Phi) is 13.3. The van der Waals surface area contributed by atoms with E-state index in [-0.39, 0.29) is 19.4 Å². The molecule has 0 aromatic heterocycles. The number of carboxylic acids is 1. The number of ether oxygens (including phenoxy) is 3. The molecule has 0 aliphatic carbocycles. The van der Waals surface area contributed by atoms with Gasteiger partial charge in [-0.25, -0.2) is 0 Å². The molecule has 0 spiro atoms. The molecule has 0 radical (unpaired) electrons. The Morgan fingerprint density at radius 1 is 1.00 bits per heavy atom. The van der Waals surface area contributed by atoms with Crippen LogP contribution in [0.3, 0.4) is 0 Å². The molecule has 0 aliphatic heterocycles. The summed E-state index contributed by atoms with van der Waals surface area (Å²) >= 11 is 0. The Bertz CT molecular complexity index is 852. The van der Waals surface area contributed by atoms with Gasteiger partial charge in [0.15, 0.2) is 0 Å². The first-order valence-electron chi connectivity index (χ1n) is 11.3. The number of benzene rings is 2. The number of para-hydroxylation sites is 1. The number of esters is 1. The highest BCUT2D eigenvalue weighted by molar-refractivity contribution is 5.76. The van der Waals surface area contributed by atoms with Gasteiger partial charge < -0.3 is 24.2 Å². The molecule has 7 heteroatoms. The number of carboxylic acid groups (broad SMARTS) is 1. The molecular formula is C26H37NO6. The van der Waals surface area contributed by atoms with Gasteiger partial charge in [0.1, 0.15) is 24.2 Å². The van der Waals surface area contributed by atoms with Crippen LogP contribution in [0.2, 0.25) is 0 Å². The van der Waals surface area contributed by atoms with E-state index >= 15 is 0 Å². The van der Waals surface area contributed by atoms with Gasteiger partial charge in [-0.3, -0.25) is 9.59 Å². The van der Waals surface area contributed by atoms with Gasteiger partial charge in [0.05, 0.1) is 20.0 Å². The summed E-state index contributed by atoms with van der Waals surface area (Å²) in [5.41, 5.74) is 2.23. The SMILES string of the molecule is CC.COc1cccc(CCc2ccccc2OC[C@H](CN(C)C)OC(=O)CCC(=O)O)c1. The van der Waals surface area contributed by atoms with Gasteiger partial charge in [-0.1, -0.05) is 44.2 Å². The molecule has 0 saturated heterocycles. The number of hydrogen-bond donors (Lipinski definition) is 1. The molecule has 2 aromatic carbocycles. The Morgan fingerprint density at radius 3 is 2.39 bits per heavy atom. The van der Waals surface area contributed by atoms with E-state index in [0.29, 0.717) is 6.54 Å². The van der Waals surface area contributed by atoms with Gasteiger partial charge in [0.25, 0.3) is 0 Å². The van der Waals surface area contributed by atoms with Crippen LogP contribution in [-0.4, -0.2) is 62.4 Å². The molecule has 182 valence electrons. The third-order valence-corrected chi connectivity index (χ3v) is 4.62. The predicted molar refractivity (Wildman–Crippen MR) is 129 cm³/mol. The van der Waals surface area contributed by atoms with Crippen LogP contribution in [0.1, 0.15) is 37.8 Å². The largest absolute Gasteiger partial charge is 0.497 e. The fourth-order valence-electron chi connectivity index (χ4n) is 3.13. The minimum atomic E-state index is -1.03. The highest BCUT2D eigenvalue weighted by Crippen LogP contribution is 2.22. The summed E-state index contributed by atoms with van der Waals surface area (Å²) in [5.74, 6) is 0.0143. The molecule has 0 fully saturated rings. The first kappa shape index (κ1) is 28.0. The average molecular weight is 460 g/mol. The van der Waals surface area contributed by atoms with Crippen molar-refractivity contribution in [2.45, 2.75) is 45.6 Å². The molecule has 0 bridgehead atoms. The first-order valence-corrected chi connectivity index (χ1v) is 11.3. The summed E-state index contributed by atoms with van der Waals surface area (Å²) in [4.78, 5) is 24.5. The van der Waals surface area contributed by atoms with Gasteiger partial charge in [0, 0.05) is 6.54 Å². The normalized spacial score (nSPS) is 11.2. The van der Waals surface area contributed by atoms with Crippen molar-refractivity contribution in [3.63, 3.8) is 0 Å². The smallest absolute Gasteiger partial charge is 0.306 e. The van der Waals surface area contributed by atoms with Crippen molar-refractivity contribution in [2.75, 3.05) is 34.4 Å². The molecule has 0 aliphatic rings. The fraction of sp³-hybridized carbons (Fsp3) is 0.462. The van der Waals surface area contributed by atoms with E-state index in [9.17, 15) is 9.59 Å². The number of methoxy groups -OCH3 is 1. The molecule has 2 rings (SSSR count). The summed E-state index contributed by atoms with van der Waals surface area (Å²) < 4.78 is 16.7. The highest BCUT2D eigenvalue weighted by atomic mass is 16.6. The molecular weight excluding hydrogens is 422 g/mol. The third kappa shape index (κ3) is 11.4. The average Bonchev–Trinajstić information content (AvgIpc) is 2.81. The zero-order valence-electron chi connectivity index (χ0n) is 20.4. The predicted octanol–water partition coefficient (Wildman–Crippen LogP) is 4.22. The molecule has 7 nitrogen and oxygen atoms in total. The quantitative estimate of drug-likeness (QED) is 0.449. The highest BCUT2D eigenvalue weighted by Gasteiger charge is 2.18. The van der Waals surface area contributed by atoms with Crippen molar-refractivity contribution in [2.24, 2.45) is 0 Å². The Balaban J connectivity index is 0.00000265. The minimum Gasteiger partial charge on any atom is -0.497 e. The summed E-state index contributed by atoms with van der Waals surface area (Å²) in [6.07, 6.45) is 0.726. The molecule has 0 unspecified atom stereocenters. The van der Waals surface area contributed by atoms with Gasteiger partial charge in [0.2, 0.25) is 0 Å². The van der Waals surface area contributed by atoms with Crippen molar-refractivity contribution in [1.82, 2.24) is 4.90 Å². The standard InChI is InChI=1S/C24H31NO6.C2H6/c1-25(2)16-21(31-24(28)14-13-23(26)27)17-30-22-10-5-4-8-19(22)12-11-18-7-6-9-20(15-18)29-3;1-2/h4-10,15,21H,11-14,16-17H2,1-3H3,(H,26,27);1-2H3/t21-;/m0./s1. The van der Waals surface area contributed by atoms with E-state index in [1.807, 2.05) is 75.3 Å². The van der Waals surface area contributed by atoms with E-state index in [1.54, 1.807) is 7.11 Å². The van der Waals surface area contributed by atoms with Crippen LogP contribution in [-0.2, 0) is 27.2 Å². The Labute approximate surface area is 197 Å². The number of aryl methyl sites for hydroxylation is 2. The molecule has 0 amide bonds. The lowest BCUT2D eigenvalue weighted by atomic mass is 10.0. The zero-order valence-corrected chi connectivity index (χ0v) is 20.4. The third-order valence-electron chi connectivity index (χ3n) is 4.62. The molecule has 0 saturated carbocycles. The van der Waals surface area contributed by atoms with Crippen molar-refractivity contribution in [3.05, 3.63) is 59.7 Å². The lowest BCUT2D eigenvalue weighted by Crippen LogP contribution is -2.35. The number of carbonyl (C=O) groups excluding carboxylic acids is 1. The van der Waals surface area contributed by atoms with E-state index in [1.165, 1.54) is 5.56 Å². The van der Waals surface area contributed by atoms with E-state index in [2.05, 4.69) is 6.07 Å². The summed E-state index contributed by atoms with van der Waals surface area (Å²) in [6.45, 7) is 4.66.